The Bertz CT molecular complexity index is 938. The quantitative estimate of drug-likeness (QED) is 0.488. The fraction of sp³-hybridized carbons (Fsp3) is 0.278. The molecule has 4 aromatic heterocycles. The molecule has 0 aromatic carbocycles. The number of thioether (sulfide) groups is 1. The average Bonchev–Trinajstić information content (AvgIpc) is 3.31. The van der Waals surface area contributed by atoms with Gasteiger partial charge < -0.3 is 8.82 Å². The second-order valence-electron chi connectivity index (χ2n) is 6.27. The normalized spacial score (nSPS) is 11.6. The second-order valence-corrected chi connectivity index (χ2v) is 7.22. The molecule has 0 saturated carbocycles. The fourth-order valence-corrected chi connectivity index (χ4v) is 3.54. The molecule has 4 rings (SSSR count). The molecule has 0 spiro atoms. The highest BCUT2D eigenvalue weighted by atomic mass is 32.2. The highest BCUT2D eigenvalue weighted by Crippen LogP contribution is 2.27. The number of hydrogen-bond donors (Lipinski definition) is 0. The molecule has 4 heterocycles. The van der Waals surface area contributed by atoms with Crippen LogP contribution in [0.1, 0.15) is 19.5 Å². The maximum atomic E-state index is 5.51. The number of rotatable bonds is 6. The standard InChI is InChI=1S/C18H19N5OS/c1-13(2)10-23-17(15-6-5-9-24-15)20-21-18(23)25-12-14-11-22-8-4-3-7-16(22)19-14/h3-9,11,13H,10,12H2,1-2H3. The van der Waals surface area contributed by atoms with Crippen LogP contribution in [-0.4, -0.2) is 24.1 Å². The highest BCUT2D eigenvalue weighted by molar-refractivity contribution is 7.98. The SMILES string of the molecule is CC(C)Cn1c(SCc2cn3ccccc3n2)nnc1-c1ccco1. The van der Waals surface area contributed by atoms with Gasteiger partial charge in [0.2, 0.25) is 0 Å². The van der Waals surface area contributed by atoms with Gasteiger partial charge in [0.15, 0.2) is 16.7 Å². The second kappa shape index (κ2) is 6.76. The molecule has 0 atom stereocenters. The Kier molecular flexibility index (Phi) is 4.31. The summed E-state index contributed by atoms with van der Waals surface area (Å²) in [7, 11) is 0. The number of imidazole rings is 1. The number of nitrogens with zero attached hydrogens (tertiary/aromatic N) is 5. The molecule has 0 aliphatic carbocycles. The number of hydrogen-bond acceptors (Lipinski definition) is 5. The van der Waals surface area contributed by atoms with Gasteiger partial charge in [0.05, 0.1) is 12.0 Å². The summed E-state index contributed by atoms with van der Waals surface area (Å²) in [6, 6.07) is 9.78. The maximum absolute atomic E-state index is 5.51. The van der Waals surface area contributed by atoms with Crippen LogP contribution in [-0.2, 0) is 12.3 Å². The molecular weight excluding hydrogens is 334 g/mol. The lowest BCUT2D eigenvalue weighted by molar-refractivity contribution is 0.489. The molecule has 128 valence electrons. The van der Waals surface area contributed by atoms with E-state index in [0.29, 0.717) is 5.92 Å². The summed E-state index contributed by atoms with van der Waals surface area (Å²) in [6.45, 7) is 5.21. The lowest BCUT2D eigenvalue weighted by Crippen LogP contribution is -2.07. The van der Waals surface area contributed by atoms with Gasteiger partial charge in [0.1, 0.15) is 5.65 Å². The summed E-state index contributed by atoms with van der Waals surface area (Å²) in [4.78, 5) is 4.64. The minimum atomic E-state index is 0.485. The first-order valence-corrected chi connectivity index (χ1v) is 9.22. The smallest absolute Gasteiger partial charge is 0.200 e. The number of furan rings is 1. The van der Waals surface area contributed by atoms with Gasteiger partial charge in [-0.05, 0) is 30.2 Å². The van der Waals surface area contributed by atoms with Crippen LogP contribution in [0.25, 0.3) is 17.2 Å². The Morgan fingerprint density at radius 1 is 1.16 bits per heavy atom. The van der Waals surface area contributed by atoms with Crippen LogP contribution in [0.5, 0.6) is 0 Å². The van der Waals surface area contributed by atoms with Crippen LogP contribution < -0.4 is 0 Å². The van der Waals surface area contributed by atoms with Crippen LogP contribution in [0.3, 0.4) is 0 Å². The number of fused-ring (bicyclic) bond motifs is 1. The van der Waals surface area contributed by atoms with Crippen molar-refractivity contribution in [2.24, 2.45) is 5.92 Å². The van der Waals surface area contributed by atoms with Gasteiger partial charge in [-0.25, -0.2) is 4.98 Å². The van der Waals surface area contributed by atoms with E-state index in [-0.39, 0.29) is 0 Å². The zero-order valence-corrected chi connectivity index (χ0v) is 15.0. The maximum Gasteiger partial charge on any atom is 0.200 e. The van der Waals surface area contributed by atoms with Crippen LogP contribution in [0.2, 0.25) is 0 Å². The molecule has 0 radical (unpaired) electrons. The average molecular weight is 353 g/mol. The van der Waals surface area contributed by atoms with E-state index >= 15 is 0 Å². The van der Waals surface area contributed by atoms with Gasteiger partial charge in [-0.2, -0.15) is 0 Å². The van der Waals surface area contributed by atoms with Crippen molar-refractivity contribution in [3.8, 4) is 11.6 Å². The molecule has 0 amide bonds. The van der Waals surface area contributed by atoms with Gasteiger partial charge in [-0.1, -0.05) is 31.7 Å². The predicted molar refractivity (Wildman–Crippen MR) is 97.3 cm³/mol. The van der Waals surface area contributed by atoms with E-state index in [0.717, 1.165) is 40.4 Å². The zero-order chi connectivity index (χ0) is 17.2. The molecule has 0 bridgehead atoms. The van der Waals surface area contributed by atoms with E-state index in [1.807, 2.05) is 40.9 Å². The summed E-state index contributed by atoms with van der Waals surface area (Å²) >= 11 is 1.65. The molecule has 0 aliphatic rings. The monoisotopic (exact) mass is 353 g/mol. The van der Waals surface area contributed by atoms with Crippen LogP contribution in [0.15, 0.2) is 58.6 Å². The van der Waals surface area contributed by atoms with Crippen LogP contribution in [0.4, 0.5) is 0 Å². The summed E-state index contributed by atoms with van der Waals surface area (Å²) in [5.41, 5.74) is 1.98. The molecule has 0 fully saturated rings. The largest absolute Gasteiger partial charge is 0.461 e. The first-order chi connectivity index (χ1) is 12.2. The third-order valence-electron chi connectivity index (χ3n) is 3.77. The molecule has 4 aromatic rings. The topological polar surface area (TPSA) is 61.2 Å². The van der Waals surface area contributed by atoms with E-state index in [1.165, 1.54) is 0 Å². The third kappa shape index (κ3) is 3.32. The van der Waals surface area contributed by atoms with E-state index in [9.17, 15) is 0 Å². The highest BCUT2D eigenvalue weighted by Gasteiger charge is 2.17. The van der Waals surface area contributed by atoms with Gasteiger partial charge >= 0.3 is 0 Å². The Morgan fingerprint density at radius 2 is 2.08 bits per heavy atom. The Morgan fingerprint density at radius 3 is 2.84 bits per heavy atom. The van der Waals surface area contributed by atoms with Gasteiger partial charge in [-0.3, -0.25) is 4.57 Å². The molecule has 0 saturated heterocycles. The van der Waals surface area contributed by atoms with E-state index < -0.39 is 0 Å². The third-order valence-corrected chi connectivity index (χ3v) is 4.77. The minimum absolute atomic E-state index is 0.485. The molecule has 25 heavy (non-hydrogen) atoms. The van der Waals surface area contributed by atoms with E-state index in [2.05, 4.69) is 39.8 Å². The molecular formula is C18H19N5OS. The van der Waals surface area contributed by atoms with Crippen molar-refractivity contribution in [3.63, 3.8) is 0 Å². The molecule has 0 aliphatic heterocycles. The van der Waals surface area contributed by atoms with Crippen molar-refractivity contribution in [3.05, 3.63) is 54.7 Å². The summed E-state index contributed by atoms with van der Waals surface area (Å²) in [5, 5.41) is 9.60. The lowest BCUT2D eigenvalue weighted by atomic mass is 10.2. The summed E-state index contributed by atoms with van der Waals surface area (Å²) in [5.74, 6) is 2.75. The summed E-state index contributed by atoms with van der Waals surface area (Å²) in [6.07, 6.45) is 5.72. The summed E-state index contributed by atoms with van der Waals surface area (Å²) < 4.78 is 9.67. The fourth-order valence-electron chi connectivity index (χ4n) is 2.71. The van der Waals surface area contributed by atoms with Crippen molar-refractivity contribution in [2.75, 3.05) is 0 Å². The Hall–Kier alpha value is -2.54. The number of pyridine rings is 1. The van der Waals surface area contributed by atoms with Crippen molar-refractivity contribution >= 4 is 17.4 Å². The molecule has 0 N–H and O–H groups in total. The Labute approximate surface area is 149 Å². The van der Waals surface area contributed by atoms with Gasteiger partial charge in [0, 0.05) is 24.7 Å². The first kappa shape index (κ1) is 16.0. The van der Waals surface area contributed by atoms with Crippen LogP contribution >= 0.6 is 11.8 Å². The number of aromatic nitrogens is 5. The van der Waals surface area contributed by atoms with E-state index in [4.69, 9.17) is 4.42 Å². The van der Waals surface area contributed by atoms with Crippen molar-refractivity contribution < 1.29 is 4.42 Å². The zero-order valence-electron chi connectivity index (χ0n) is 14.2. The minimum Gasteiger partial charge on any atom is -0.461 e. The lowest BCUT2D eigenvalue weighted by Gasteiger charge is -2.11. The molecule has 0 unspecified atom stereocenters. The van der Waals surface area contributed by atoms with E-state index in [1.54, 1.807) is 18.0 Å². The Balaban J connectivity index is 1.59. The van der Waals surface area contributed by atoms with Gasteiger partial charge in [-0.15, -0.1) is 10.2 Å². The van der Waals surface area contributed by atoms with Crippen molar-refractivity contribution in [1.29, 1.82) is 0 Å². The molecule has 7 heteroatoms. The van der Waals surface area contributed by atoms with Crippen molar-refractivity contribution in [2.45, 2.75) is 31.3 Å². The van der Waals surface area contributed by atoms with Gasteiger partial charge in [0.25, 0.3) is 0 Å². The van der Waals surface area contributed by atoms with Crippen molar-refractivity contribution in [1.82, 2.24) is 24.1 Å². The predicted octanol–water partition coefficient (Wildman–Crippen LogP) is 4.13. The first-order valence-electron chi connectivity index (χ1n) is 8.23. The molecule has 6 nitrogen and oxygen atoms in total. The van der Waals surface area contributed by atoms with Crippen LogP contribution in [0, 0.1) is 5.92 Å².